The summed E-state index contributed by atoms with van der Waals surface area (Å²) >= 11 is 0. The number of hydrogen-bond donors (Lipinski definition) is 0. The van der Waals surface area contributed by atoms with E-state index in [4.69, 9.17) is 28.9 Å². The number of pyridine rings is 2. The molecule has 58 heavy (non-hydrogen) atoms. The molecular formula is C50H46N4O4. The summed E-state index contributed by atoms with van der Waals surface area (Å²) in [4.78, 5) is 18.8. The van der Waals surface area contributed by atoms with E-state index >= 15 is 0 Å². The van der Waals surface area contributed by atoms with Gasteiger partial charge in [0.25, 0.3) is 0 Å². The van der Waals surface area contributed by atoms with Crippen LogP contribution in [0.5, 0.6) is 11.5 Å². The minimum Gasteiger partial charge on any atom is -0.487 e. The van der Waals surface area contributed by atoms with Gasteiger partial charge in [0.05, 0.1) is 62.3 Å². The van der Waals surface area contributed by atoms with E-state index in [1.165, 1.54) is 0 Å². The van der Waals surface area contributed by atoms with Crippen LogP contribution in [0.2, 0.25) is 0 Å². The van der Waals surface area contributed by atoms with E-state index < -0.39 is 0 Å². The van der Waals surface area contributed by atoms with Gasteiger partial charge in [0, 0.05) is 12.4 Å². The van der Waals surface area contributed by atoms with Gasteiger partial charge in [0.2, 0.25) is 0 Å². The third kappa shape index (κ3) is 12.6. The first-order chi connectivity index (χ1) is 28.7. The van der Waals surface area contributed by atoms with Crippen molar-refractivity contribution in [3.05, 3.63) is 227 Å². The standard InChI is InChI=1S/C50H46N4O4/c1-5-13-39(14-6-1)35-57-47-27-25-45(51-31-47)29-53-49(43-17-9-3-10-18-43)37-55-33-41-21-23-42(24-22-41)34-56-38-50(44-19-11-4-12-20-44)54-30-46-26-28-48(32-52-46)58-36-40-15-7-2-8-16-40/h1-32,49-50H,33-38H2/t49-,50-/m0/s1. The zero-order valence-electron chi connectivity index (χ0n) is 32.3. The highest BCUT2D eigenvalue weighted by molar-refractivity contribution is 5.77. The van der Waals surface area contributed by atoms with Gasteiger partial charge >= 0.3 is 0 Å². The number of benzene rings is 5. The van der Waals surface area contributed by atoms with Crippen LogP contribution in [-0.2, 0) is 35.9 Å². The highest BCUT2D eigenvalue weighted by Gasteiger charge is 2.12. The number of ether oxygens (including phenoxy) is 4. The first kappa shape index (κ1) is 39.5. The molecule has 0 spiro atoms. The van der Waals surface area contributed by atoms with E-state index in [-0.39, 0.29) is 12.1 Å². The summed E-state index contributed by atoms with van der Waals surface area (Å²) < 4.78 is 24.2. The lowest BCUT2D eigenvalue weighted by Crippen LogP contribution is -2.08. The molecule has 0 radical (unpaired) electrons. The summed E-state index contributed by atoms with van der Waals surface area (Å²) in [5.41, 5.74) is 8.01. The normalized spacial score (nSPS) is 12.4. The molecule has 0 bridgehead atoms. The SMILES string of the molecule is C(=N[C@@H](COCc1ccc(COC[C@H](N=Cc2ccc(OCc3ccccc3)cn2)c2ccccc2)cc1)c1ccccc1)c1ccc(OCc2ccccc2)cn1. The van der Waals surface area contributed by atoms with Crippen LogP contribution < -0.4 is 9.47 Å². The van der Waals surface area contributed by atoms with Gasteiger partial charge in [0.1, 0.15) is 24.7 Å². The Morgan fingerprint density at radius 1 is 0.397 bits per heavy atom. The van der Waals surface area contributed by atoms with Crippen molar-refractivity contribution in [1.82, 2.24) is 9.97 Å². The Morgan fingerprint density at radius 3 is 1.12 bits per heavy atom. The van der Waals surface area contributed by atoms with Gasteiger partial charge in [-0.25, -0.2) is 0 Å². The molecule has 0 saturated heterocycles. The largest absolute Gasteiger partial charge is 0.487 e. The minimum absolute atomic E-state index is 0.181. The number of rotatable bonds is 20. The van der Waals surface area contributed by atoms with E-state index in [2.05, 4.69) is 58.5 Å². The van der Waals surface area contributed by atoms with Gasteiger partial charge in [-0.1, -0.05) is 146 Å². The Balaban J connectivity index is 0.882. The molecule has 290 valence electrons. The Morgan fingerprint density at radius 2 is 0.759 bits per heavy atom. The Bertz CT molecular complexity index is 2110. The molecule has 0 aliphatic heterocycles. The van der Waals surface area contributed by atoms with Crippen LogP contribution in [0.15, 0.2) is 192 Å². The fourth-order valence-corrected chi connectivity index (χ4v) is 6.03. The zero-order chi connectivity index (χ0) is 39.5. The Kier molecular flexibility index (Phi) is 14.7. The van der Waals surface area contributed by atoms with Crippen molar-refractivity contribution in [2.75, 3.05) is 13.2 Å². The maximum absolute atomic E-state index is 6.21. The molecule has 7 rings (SSSR count). The van der Waals surface area contributed by atoms with Crippen LogP contribution in [0, 0.1) is 0 Å². The van der Waals surface area contributed by atoms with Gasteiger partial charge in [-0.05, 0) is 57.6 Å². The highest BCUT2D eigenvalue weighted by Crippen LogP contribution is 2.21. The van der Waals surface area contributed by atoms with Crippen molar-refractivity contribution < 1.29 is 18.9 Å². The fourth-order valence-electron chi connectivity index (χ4n) is 6.03. The number of nitrogens with zero attached hydrogens (tertiary/aromatic N) is 4. The quantitative estimate of drug-likeness (QED) is 0.0718. The van der Waals surface area contributed by atoms with E-state index in [0.717, 1.165) is 44.8 Å². The van der Waals surface area contributed by atoms with E-state index in [1.807, 2.05) is 121 Å². The highest BCUT2D eigenvalue weighted by atomic mass is 16.5. The first-order valence-electron chi connectivity index (χ1n) is 19.4. The third-order valence-corrected chi connectivity index (χ3v) is 9.27. The Hall–Kier alpha value is -6.74. The average molecular weight is 767 g/mol. The summed E-state index contributed by atoms with van der Waals surface area (Å²) in [5, 5.41) is 0. The predicted molar refractivity (Wildman–Crippen MR) is 229 cm³/mol. The maximum atomic E-state index is 6.21. The second-order valence-electron chi connectivity index (χ2n) is 13.6. The zero-order valence-corrected chi connectivity index (χ0v) is 32.3. The van der Waals surface area contributed by atoms with Crippen molar-refractivity contribution in [1.29, 1.82) is 0 Å². The van der Waals surface area contributed by atoms with Crippen molar-refractivity contribution >= 4 is 12.4 Å². The average Bonchev–Trinajstić information content (AvgIpc) is 3.29. The fraction of sp³-hybridized carbons (Fsp3) is 0.160. The summed E-state index contributed by atoms with van der Waals surface area (Å²) in [6, 6.07) is 56.1. The van der Waals surface area contributed by atoms with Gasteiger partial charge in [-0.2, -0.15) is 0 Å². The second-order valence-corrected chi connectivity index (χ2v) is 13.6. The van der Waals surface area contributed by atoms with Crippen LogP contribution in [-0.4, -0.2) is 35.6 Å². The number of aliphatic imine (C=N–C) groups is 2. The third-order valence-electron chi connectivity index (χ3n) is 9.27. The number of hydrogen-bond acceptors (Lipinski definition) is 8. The molecule has 8 heteroatoms. The van der Waals surface area contributed by atoms with Gasteiger partial charge < -0.3 is 18.9 Å². The van der Waals surface area contributed by atoms with Crippen molar-refractivity contribution in [2.45, 2.75) is 38.5 Å². The van der Waals surface area contributed by atoms with Crippen molar-refractivity contribution in [3.8, 4) is 11.5 Å². The lowest BCUT2D eigenvalue weighted by molar-refractivity contribution is 0.107. The molecule has 2 heterocycles. The van der Waals surface area contributed by atoms with E-state index in [1.54, 1.807) is 24.8 Å². The molecule has 8 nitrogen and oxygen atoms in total. The first-order valence-corrected chi connectivity index (χ1v) is 19.4. The lowest BCUT2D eigenvalue weighted by atomic mass is 10.1. The van der Waals surface area contributed by atoms with E-state index in [9.17, 15) is 0 Å². The van der Waals surface area contributed by atoms with Crippen LogP contribution in [0.1, 0.15) is 56.9 Å². The summed E-state index contributed by atoms with van der Waals surface area (Å²) in [7, 11) is 0. The van der Waals surface area contributed by atoms with Crippen molar-refractivity contribution in [2.24, 2.45) is 9.98 Å². The van der Waals surface area contributed by atoms with Crippen molar-refractivity contribution in [3.63, 3.8) is 0 Å². The Labute approximate surface area is 340 Å². The molecule has 2 atom stereocenters. The van der Waals surface area contributed by atoms with Gasteiger partial charge in [-0.3, -0.25) is 20.0 Å². The maximum Gasteiger partial charge on any atom is 0.138 e. The molecule has 0 fully saturated rings. The van der Waals surface area contributed by atoms with Crippen LogP contribution in [0.4, 0.5) is 0 Å². The molecule has 0 unspecified atom stereocenters. The molecular weight excluding hydrogens is 721 g/mol. The van der Waals surface area contributed by atoms with Gasteiger partial charge in [-0.15, -0.1) is 0 Å². The molecule has 0 N–H and O–H groups in total. The summed E-state index contributed by atoms with van der Waals surface area (Å²) in [5.74, 6) is 1.42. The second kappa shape index (κ2) is 21.5. The summed E-state index contributed by atoms with van der Waals surface area (Å²) in [6.45, 7) is 2.76. The summed E-state index contributed by atoms with van der Waals surface area (Å²) in [6.07, 6.45) is 7.04. The van der Waals surface area contributed by atoms with E-state index in [0.29, 0.717) is 51.1 Å². The van der Waals surface area contributed by atoms with Crippen LogP contribution in [0.3, 0.4) is 0 Å². The van der Waals surface area contributed by atoms with Crippen LogP contribution >= 0.6 is 0 Å². The lowest BCUT2D eigenvalue weighted by Gasteiger charge is -2.15. The van der Waals surface area contributed by atoms with Gasteiger partial charge in [0.15, 0.2) is 0 Å². The van der Waals surface area contributed by atoms with Crippen LogP contribution in [0.25, 0.3) is 0 Å². The predicted octanol–water partition coefficient (Wildman–Crippen LogP) is 10.4. The molecule has 0 aliphatic carbocycles. The topological polar surface area (TPSA) is 87.4 Å². The number of aromatic nitrogens is 2. The molecule has 0 saturated carbocycles. The minimum atomic E-state index is -0.181. The molecule has 0 aliphatic rings. The molecule has 7 aromatic rings. The molecule has 0 amide bonds. The monoisotopic (exact) mass is 766 g/mol. The molecule has 5 aromatic carbocycles. The smallest absolute Gasteiger partial charge is 0.138 e. The molecule has 2 aromatic heterocycles.